The molecule has 0 unspecified atom stereocenters. The number of H-pyrrole nitrogens is 1. The molecule has 1 saturated heterocycles. The number of nitrogens with one attached hydrogen (secondary N) is 2. The number of para-hydroxylation sites is 2. The van der Waals surface area contributed by atoms with Crippen molar-refractivity contribution in [1.82, 2.24) is 15.2 Å². The van der Waals surface area contributed by atoms with Crippen molar-refractivity contribution in [3.8, 4) is 5.75 Å². The highest BCUT2D eigenvalue weighted by atomic mass is 16.5. The van der Waals surface area contributed by atoms with Crippen LogP contribution in [-0.4, -0.2) is 47.4 Å². The van der Waals surface area contributed by atoms with Gasteiger partial charge in [0.05, 0.1) is 18.4 Å². The number of urea groups is 1. The first kappa shape index (κ1) is 24.7. The number of methoxy groups -OCH3 is 1. The number of aromatic nitrogens is 1. The molecule has 39 heavy (non-hydrogen) atoms. The van der Waals surface area contributed by atoms with Gasteiger partial charge in [-0.15, -0.1) is 0 Å². The van der Waals surface area contributed by atoms with Gasteiger partial charge in [-0.2, -0.15) is 0 Å². The van der Waals surface area contributed by atoms with Gasteiger partial charge in [0.15, 0.2) is 0 Å². The van der Waals surface area contributed by atoms with Crippen molar-refractivity contribution in [2.45, 2.75) is 32.4 Å². The predicted molar refractivity (Wildman–Crippen MR) is 149 cm³/mol. The van der Waals surface area contributed by atoms with Crippen molar-refractivity contribution in [2.24, 2.45) is 5.92 Å². The molecule has 2 N–H and O–H groups in total. The summed E-state index contributed by atoms with van der Waals surface area (Å²) in [6.07, 6.45) is 0.378. The quantitative estimate of drug-likeness (QED) is 0.347. The zero-order valence-corrected chi connectivity index (χ0v) is 22.1. The third kappa shape index (κ3) is 4.03. The highest BCUT2D eigenvalue weighted by Crippen LogP contribution is 2.45. The number of amides is 4. The number of hydrogen-bond donors (Lipinski definition) is 2. The van der Waals surface area contributed by atoms with Crippen LogP contribution >= 0.6 is 0 Å². The van der Waals surface area contributed by atoms with E-state index in [-0.39, 0.29) is 17.7 Å². The average Bonchev–Trinajstić information content (AvgIpc) is 3.44. The minimum Gasteiger partial charge on any atom is -0.497 e. The average molecular weight is 523 g/mol. The normalized spacial score (nSPS) is 18.5. The number of hydrogen-bond acceptors (Lipinski definition) is 4. The zero-order chi connectivity index (χ0) is 27.3. The fourth-order valence-electron chi connectivity index (χ4n) is 5.71. The largest absolute Gasteiger partial charge is 0.497 e. The number of aromatic amines is 1. The molecule has 2 aliphatic heterocycles. The van der Waals surface area contributed by atoms with E-state index in [1.165, 1.54) is 4.90 Å². The molecule has 8 nitrogen and oxygen atoms in total. The molecule has 3 heterocycles. The number of imide groups is 1. The van der Waals surface area contributed by atoms with Crippen LogP contribution in [0.5, 0.6) is 5.75 Å². The Morgan fingerprint density at radius 2 is 1.82 bits per heavy atom. The summed E-state index contributed by atoms with van der Waals surface area (Å²) >= 11 is 0. The van der Waals surface area contributed by atoms with Crippen molar-refractivity contribution in [1.29, 1.82) is 0 Å². The van der Waals surface area contributed by atoms with Crippen molar-refractivity contribution in [3.05, 3.63) is 95.2 Å². The topological polar surface area (TPSA) is 94.7 Å². The van der Waals surface area contributed by atoms with Crippen LogP contribution < -0.4 is 15.0 Å². The highest BCUT2D eigenvalue weighted by Gasteiger charge is 2.53. The molecule has 198 valence electrons. The van der Waals surface area contributed by atoms with Crippen LogP contribution in [0.1, 0.15) is 47.1 Å². The molecule has 8 heteroatoms. The smallest absolute Gasteiger partial charge is 0.332 e. The van der Waals surface area contributed by atoms with Crippen molar-refractivity contribution in [3.63, 3.8) is 0 Å². The van der Waals surface area contributed by atoms with Gasteiger partial charge in [0.2, 0.25) is 0 Å². The zero-order valence-electron chi connectivity index (χ0n) is 22.1. The van der Waals surface area contributed by atoms with E-state index in [2.05, 4.69) is 10.3 Å². The van der Waals surface area contributed by atoms with E-state index >= 15 is 0 Å². The summed E-state index contributed by atoms with van der Waals surface area (Å²) in [6, 6.07) is 20.6. The van der Waals surface area contributed by atoms with Crippen LogP contribution in [0.2, 0.25) is 0 Å². The van der Waals surface area contributed by atoms with Crippen molar-refractivity contribution < 1.29 is 19.1 Å². The second-order valence-corrected chi connectivity index (χ2v) is 10.4. The first-order valence-corrected chi connectivity index (χ1v) is 13.2. The summed E-state index contributed by atoms with van der Waals surface area (Å²) in [5.41, 5.74) is 4.28. The molecule has 0 spiro atoms. The van der Waals surface area contributed by atoms with Gasteiger partial charge in [0.25, 0.3) is 11.8 Å². The lowest BCUT2D eigenvalue weighted by Gasteiger charge is -2.36. The van der Waals surface area contributed by atoms with E-state index < -0.39 is 18.1 Å². The molecule has 1 fully saturated rings. The van der Waals surface area contributed by atoms with Crippen molar-refractivity contribution >= 4 is 34.4 Å². The second-order valence-electron chi connectivity index (χ2n) is 10.4. The Balaban J connectivity index is 1.47. The molecule has 2 atom stereocenters. The van der Waals surface area contributed by atoms with Gasteiger partial charge in [0.1, 0.15) is 17.8 Å². The molecular weight excluding hydrogens is 492 g/mol. The predicted octanol–water partition coefficient (Wildman–Crippen LogP) is 5.05. The van der Waals surface area contributed by atoms with Gasteiger partial charge in [-0.25, -0.2) is 9.69 Å². The molecule has 6 rings (SSSR count). The number of carbonyl (C=O) groups is 3. The maximum Gasteiger partial charge on any atom is 0.332 e. The lowest BCUT2D eigenvalue weighted by Crippen LogP contribution is -2.44. The summed E-state index contributed by atoms with van der Waals surface area (Å²) in [6.45, 7) is 4.51. The fourth-order valence-corrected chi connectivity index (χ4v) is 5.71. The van der Waals surface area contributed by atoms with E-state index in [1.54, 1.807) is 36.3 Å². The van der Waals surface area contributed by atoms with E-state index in [4.69, 9.17) is 4.74 Å². The Kier molecular flexibility index (Phi) is 6.10. The first-order valence-electron chi connectivity index (χ1n) is 13.2. The molecule has 1 aromatic heterocycles. The molecule has 3 aromatic carbocycles. The maximum atomic E-state index is 14.2. The second kappa shape index (κ2) is 9.62. The number of ether oxygens (including phenoxy) is 1. The van der Waals surface area contributed by atoms with Crippen LogP contribution in [-0.2, 0) is 11.2 Å². The first-order chi connectivity index (χ1) is 18.9. The van der Waals surface area contributed by atoms with Crippen LogP contribution in [0.4, 0.5) is 10.5 Å². The standard InChI is InChI=1S/C31H30N4O4/c1-18(2)17-32-29(36)22-12-5-7-14-25(22)35-30(37)26-16-23-21-11-4-6-13-24(21)33-27(23)28(34(26)31(35)38)19-9-8-10-20(15-19)39-3/h4-15,18,26,28,33H,16-17H2,1-3H3,(H,32,36)/t26-,28-/m0/s1. The fraction of sp³-hybridized carbons (Fsp3) is 0.258. The van der Waals surface area contributed by atoms with Gasteiger partial charge >= 0.3 is 6.03 Å². The van der Waals surface area contributed by atoms with E-state index in [1.807, 2.05) is 62.4 Å². The Hall–Kier alpha value is -4.59. The number of carbonyl (C=O) groups excluding carboxylic acids is 3. The molecule has 0 radical (unpaired) electrons. The third-order valence-corrected chi connectivity index (χ3v) is 7.52. The molecule has 0 bridgehead atoms. The van der Waals surface area contributed by atoms with Gasteiger partial charge in [-0.3, -0.25) is 14.5 Å². The number of rotatable bonds is 6. The van der Waals surface area contributed by atoms with Gasteiger partial charge in [0, 0.05) is 29.6 Å². The Morgan fingerprint density at radius 3 is 2.62 bits per heavy atom. The lowest BCUT2D eigenvalue weighted by atomic mass is 9.89. The highest BCUT2D eigenvalue weighted by molar-refractivity contribution is 6.24. The maximum absolute atomic E-state index is 14.2. The Bertz CT molecular complexity index is 1610. The van der Waals surface area contributed by atoms with Crippen molar-refractivity contribution in [2.75, 3.05) is 18.6 Å². The van der Waals surface area contributed by atoms with Crippen LogP contribution in [0.15, 0.2) is 72.8 Å². The molecule has 4 aromatic rings. The third-order valence-electron chi connectivity index (χ3n) is 7.52. The molecule has 0 saturated carbocycles. The molecular formula is C31H30N4O4. The molecule has 2 aliphatic rings. The van der Waals surface area contributed by atoms with E-state index in [0.29, 0.717) is 30.0 Å². The van der Waals surface area contributed by atoms with Gasteiger partial charge < -0.3 is 15.0 Å². The van der Waals surface area contributed by atoms with Crippen LogP contribution in [0, 0.1) is 5.92 Å². The van der Waals surface area contributed by atoms with Crippen LogP contribution in [0.25, 0.3) is 10.9 Å². The van der Waals surface area contributed by atoms with E-state index in [9.17, 15) is 14.4 Å². The summed E-state index contributed by atoms with van der Waals surface area (Å²) < 4.78 is 5.49. The summed E-state index contributed by atoms with van der Waals surface area (Å²) in [4.78, 5) is 47.7. The minimum atomic E-state index is -0.716. The molecule has 4 amide bonds. The summed E-state index contributed by atoms with van der Waals surface area (Å²) in [5.74, 6) is 0.269. The van der Waals surface area contributed by atoms with Crippen LogP contribution in [0.3, 0.4) is 0 Å². The summed E-state index contributed by atoms with van der Waals surface area (Å²) in [7, 11) is 1.60. The number of nitrogens with zero attached hydrogens (tertiary/aromatic N) is 2. The molecule has 0 aliphatic carbocycles. The lowest BCUT2D eigenvalue weighted by molar-refractivity contribution is -0.120. The summed E-state index contributed by atoms with van der Waals surface area (Å²) in [5, 5.41) is 3.95. The monoisotopic (exact) mass is 522 g/mol. The Morgan fingerprint density at radius 1 is 1.05 bits per heavy atom. The SMILES string of the molecule is COc1cccc([C@H]2c3[nH]c4ccccc4c3C[C@H]3C(=O)N(c4ccccc4C(=O)NCC(C)C)C(=O)N23)c1. The minimum absolute atomic E-state index is 0.262. The van der Waals surface area contributed by atoms with E-state index in [0.717, 1.165) is 27.7 Å². The van der Waals surface area contributed by atoms with Gasteiger partial charge in [-0.1, -0.05) is 56.3 Å². The number of fused-ring (bicyclic) bond motifs is 4. The Labute approximate surface area is 226 Å². The number of benzene rings is 3. The number of anilines is 1. The van der Waals surface area contributed by atoms with Gasteiger partial charge in [-0.05, 0) is 47.4 Å².